The van der Waals surface area contributed by atoms with Gasteiger partial charge in [-0.25, -0.2) is 0 Å². The zero-order chi connectivity index (χ0) is 9.14. The molecule has 0 aliphatic heterocycles. The molecule has 0 radical (unpaired) electrons. The van der Waals surface area contributed by atoms with Crippen molar-refractivity contribution in [1.29, 1.82) is 0 Å². The highest BCUT2D eigenvalue weighted by molar-refractivity contribution is 6.31. The lowest BCUT2D eigenvalue weighted by Gasteiger charge is -2.00. The van der Waals surface area contributed by atoms with Crippen LogP contribution in [-0.4, -0.2) is 5.11 Å². The summed E-state index contributed by atoms with van der Waals surface area (Å²) in [6.45, 7) is 0. The molecular weight excluding hydrogens is 172 g/mol. The molecule has 58 valence electrons. The van der Waals surface area contributed by atoms with Gasteiger partial charge in [0, 0.05) is 5.56 Å². The van der Waals surface area contributed by atoms with Crippen LogP contribution in [0.5, 0.6) is 5.75 Å². The summed E-state index contributed by atoms with van der Waals surface area (Å²) in [5.41, 5.74) is 0.784. The van der Waals surface area contributed by atoms with Crippen molar-refractivity contribution in [2.75, 3.05) is 0 Å². The fourth-order valence-corrected chi connectivity index (χ4v) is 1.01. The van der Waals surface area contributed by atoms with Gasteiger partial charge in [0.2, 0.25) is 0 Å². The van der Waals surface area contributed by atoms with Crippen molar-refractivity contribution in [3.63, 3.8) is 0 Å². The molecule has 0 saturated heterocycles. The molecule has 1 nitrogen and oxygen atoms in total. The molecule has 0 spiro atoms. The van der Waals surface area contributed by atoms with E-state index in [0.29, 0.717) is 16.1 Å². The third-order valence-electron chi connectivity index (χ3n) is 1.40. The van der Waals surface area contributed by atoms with Crippen LogP contribution < -0.4 is 0 Å². The molecule has 1 N–H and O–H groups in total. The van der Waals surface area contributed by atoms with Crippen molar-refractivity contribution in [1.82, 2.24) is 0 Å². The average Bonchev–Trinajstić information content (AvgIpc) is 2.08. The van der Waals surface area contributed by atoms with Gasteiger partial charge < -0.3 is 5.11 Å². The maximum atomic E-state index is 9.25. The third kappa shape index (κ3) is 1.37. The largest absolute Gasteiger partial charge is 0.507 e. The lowest BCUT2D eigenvalue weighted by molar-refractivity contribution is 0.473. The van der Waals surface area contributed by atoms with E-state index in [1.807, 2.05) is 0 Å². The first kappa shape index (κ1) is 8.53. The van der Waals surface area contributed by atoms with E-state index in [2.05, 4.69) is 11.8 Å². The zero-order valence-electron chi connectivity index (χ0n) is 6.13. The minimum absolute atomic E-state index is 0.0187. The number of phenolic OH excluding ortho intramolecular Hbond substituents is 1. The molecule has 1 aromatic rings. The van der Waals surface area contributed by atoms with Gasteiger partial charge in [-0.2, -0.15) is 0 Å². The molecule has 0 atom stereocenters. The van der Waals surface area contributed by atoms with Crippen molar-refractivity contribution >= 4 is 11.6 Å². The Hall–Kier alpha value is -1.57. The number of hydrogen-bond donors (Lipinski definition) is 1. The van der Waals surface area contributed by atoms with Crippen LogP contribution >= 0.6 is 11.6 Å². The lowest BCUT2D eigenvalue weighted by Crippen LogP contribution is -1.81. The van der Waals surface area contributed by atoms with E-state index in [-0.39, 0.29) is 5.75 Å². The van der Waals surface area contributed by atoms with E-state index < -0.39 is 0 Å². The Bertz CT molecular complexity index is 354. The summed E-state index contributed by atoms with van der Waals surface area (Å²) in [4.78, 5) is 0. The van der Waals surface area contributed by atoms with Gasteiger partial charge in [0.25, 0.3) is 0 Å². The summed E-state index contributed by atoms with van der Waals surface area (Å²) >= 11 is 5.73. The maximum absolute atomic E-state index is 9.25. The predicted molar refractivity (Wildman–Crippen MR) is 49.0 cm³/mol. The summed E-state index contributed by atoms with van der Waals surface area (Å²) in [6, 6.07) is 2.84. The van der Waals surface area contributed by atoms with Crippen LogP contribution in [0.1, 0.15) is 11.1 Å². The summed E-state index contributed by atoms with van der Waals surface area (Å²) in [6.07, 6.45) is 10.2. The molecule has 0 fully saturated rings. The highest BCUT2D eigenvalue weighted by Gasteiger charge is 2.03. The van der Waals surface area contributed by atoms with Gasteiger partial charge in [0.05, 0.1) is 10.6 Å². The molecule has 0 heterocycles. The second-order valence-electron chi connectivity index (χ2n) is 2.14. The van der Waals surface area contributed by atoms with Crippen LogP contribution in [-0.2, 0) is 0 Å². The van der Waals surface area contributed by atoms with Crippen LogP contribution in [0.3, 0.4) is 0 Å². The SMILES string of the molecule is C#Cc1cc(Cl)c(C#C)cc1O. The topological polar surface area (TPSA) is 20.2 Å². The van der Waals surface area contributed by atoms with E-state index in [0.717, 1.165) is 0 Å². The van der Waals surface area contributed by atoms with Gasteiger partial charge in [-0.15, -0.1) is 12.8 Å². The highest BCUT2D eigenvalue weighted by atomic mass is 35.5. The fraction of sp³-hybridized carbons (Fsp3) is 0. The van der Waals surface area contributed by atoms with E-state index in [4.69, 9.17) is 24.4 Å². The third-order valence-corrected chi connectivity index (χ3v) is 1.71. The summed E-state index contributed by atoms with van der Waals surface area (Å²) in [5.74, 6) is 4.59. The van der Waals surface area contributed by atoms with E-state index in [1.165, 1.54) is 12.1 Å². The number of terminal acetylenes is 2. The van der Waals surface area contributed by atoms with Gasteiger partial charge >= 0.3 is 0 Å². The Balaban J connectivity index is 3.41. The van der Waals surface area contributed by atoms with Crippen LogP contribution in [0.25, 0.3) is 0 Å². The van der Waals surface area contributed by atoms with Gasteiger partial charge in [-0.3, -0.25) is 0 Å². The zero-order valence-corrected chi connectivity index (χ0v) is 6.89. The van der Waals surface area contributed by atoms with Crippen LogP contribution in [0.15, 0.2) is 12.1 Å². The smallest absolute Gasteiger partial charge is 0.132 e. The second kappa shape index (κ2) is 3.22. The first-order chi connectivity index (χ1) is 5.69. The molecule has 0 saturated carbocycles. The Labute approximate surface area is 76.0 Å². The molecule has 1 rings (SSSR count). The minimum Gasteiger partial charge on any atom is -0.507 e. The van der Waals surface area contributed by atoms with Crippen molar-refractivity contribution in [2.24, 2.45) is 0 Å². The molecule has 0 aliphatic rings. The molecular formula is C10H5ClO. The Morgan fingerprint density at radius 1 is 1.17 bits per heavy atom. The Morgan fingerprint density at radius 3 is 2.25 bits per heavy atom. The first-order valence-corrected chi connectivity index (χ1v) is 3.52. The molecule has 0 amide bonds. The van der Waals surface area contributed by atoms with Crippen LogP contribution in [0.4, 0.5) is 0 Å². The monoisotopic (exact) mass is 176 g/mol. The van der Waals surface area contributed by atoms with Crippen molar-refractivity contribution in [3.8, 4) is 30.4 Å². The molecule has 12 heavy (non-hydrogen) atoms. The summed E-state index contributed by atoms with van der Waals surface area (Å²) < 4.78 is 0. The van der Waals surface area contributed by atoms with Crippen molar-refractivity contribution in [3.05, 3.63) is 28.3 Å². The van der Waals surface area contributed by atoms with Crippen molar-refractivity contribution in [2.45, 2.75) is 0 Å². The standard InChI is InChI=1S/C10H5ClO/c1-3-7-6-10(12)8(4-2)5-9(7)11/h1-2,5-6,12H. The summed E-state index contributed by atoms with van der Waals surface area (Å²) in [5, 5.41) is 9.63. The number of benzene rings is 1. The number of hydrogen-bond acceptors (Lipinski definition) is 1. The van der Waals surface area contributed by atoms with Crippen LogP contribution in [0.2, 0.25) is 5.02 Å². The average molecular weight is 177 g/mol. The van der Waals surface area contributed by atoms with Gasteiger partial charge in [0.1, 0.15) is 5.75 Å². The summed E-state index contributed by atoms with van der Waals surface area (Å²) in [7, 11) is 0. The van der Waals surface area contributed by atoms with E-state index >= 15 is 0 Å². The fourth-order valence-electron chi connectivity index (χ4n) is 0.788. The second-order valence-corrected chi connectivity index (χ2v) is 2.55. The minimum atomic E-state index is -0.0187. The molecule has 0 unspecified atom stereocenters. The molecule has 0 aromatic heterocycles. The highest BCUT2D eigenvalue weighted by Crippen LogP contribution is 2.24. The number of phenols is 1. The molecule has 0 aliphatic carbocycles. The molecule has 0 bridgehead atoms. The quantitative estimate of drug-likeness (QED) is 0.600. The van der Waals surface area contributed by atoms with Gasteiger partial charge in [0.15, 0.2) is 0 Å². The van der Waals surface area contributed by atoms with Gasteiger partial charge in [-0.1, -0.05) is 23.4 Å². The molecule has 2 heteroatoms. The number of rotatable bonds is 0. The number of halogens is 1. The van der Waals surface area contributed by atoms with Gasteiger partial charge in [-0.05, 0) is 12.1 Å². The maximum Gasteiger partial charge on any atom is 0.132 e. The van der Waals surface area contributed by atoms with E-state index in [1.54, 1.807) is 0 Å². The van der Waals surface area contributed by atoms with Crippen LogP contribution in [0, 0.1) is 24.7 Å². The predicted octanol–water partition coefficient (Wildman–Crippen LogP) is 2.01. The Morgan fingerprint density at radius 2 is 1.75 bits per heavy atom. The first-order valence-electron chi connectivity index (χ1n) is 3.14. The van der Waals surface area contributed by atoms with Crippen molar-refractivity contribution < 1.29 is 5.11 Å². The van der Waals surface area contributed by atoms with E-state index in [9.17, 15) is 5.11 Å². The lowest BCUT2D eigenvalue weighted by atomic mass is 10.1. The molecule has 1 aromatic carbocycles. The number of aromatic hydroxyl groups is 1. The normalized spacial score (nSPS) is 8.58. The Kier molecular flexibility index (Phi) is 2.29.